The summed E-state index contributed by atoms with van der Waals surface area (Å²) >= 11 is 1.45. The molecule has 0 heterocycles. The fourth-order valence-electron chi connectivity index (χ4n) is 1.65. The van der Waals surface area contributed by atoms with Gasteiger partial charge in [0.2, 0.25) is 5.91 Å². The first-order valence-electron chi connectivity index (χ1n) is 6.31. The minimum atomic E-state index is -1.16. The average molecular weight is 299 g/mol. The van der Waals surface area contributed by atoms with Crippen LogP contribution in [0, 0.1) is 12.7 Å². The number of amides is 1. The minimum absolute atomic E-state index is 0.220. The molecule has 0 aromatic heterocycles. The summed E-state index contributed by atoms with van der Waals surface area (Å²) in [4.78, 5) is 22.9. The lowest BCUT2D eigenvalue weighted by Crippen LogP contribution is -2.35. The molecule has 0 aliphatic heterocycles. The van der Waals surface area contributed by atoms with Crippen molar-refractivity contribution >= 4 is 23.6 Å². The van der Waals surface area contributed by atoms with Gasteiger partial charge in [0.25, 0.3) is 0 Å². The van der Waals surface area contributed by atoms with Crippen molar-refractivity contribution in [2.45, 2.75) is 26.3 Å². The van der Waals surface area contributed by atoms with Gasteiger partial charge in [0.1, 0.15) is 5.82 Å². The number of hydrogen-bond acceptors (Lipinski definition) is 3. The summed E-state index contributed by atoms with van der Waals surface area (Å²) in [6.07, 6.45) is 0.956. The Morgan fingerprint density at radius 1 is 1.45 bits per heavy atom. The fraction of sp³-hybridized carbons (Fsp3) is 0.429. The summed E-state index contributed by atoms with van der Waals surface area (Å²) in [6, 6.07) is 2.87. The van der Waals surface area contributed by atoms with E-state index in [4.69, 9.17) is 0 Å². The number of nitrogens with one attached hydrogen (secondary N) is 1. The molecule has 0 aliphatic rings. The van der Waals surface area contributed by atoms with E-state index >= 15 is 0 Å². The average Bonchev–Trinajstić information content (AvgIpc) is 2.39. The monoisotopic (exact) mass is 299 g/mol. The van der Waals surface area contributed by atoms with E-state index in [0.717, 1.165) is 12.2 Å². The Bertz CT molecular complexity index is 493. The molecule has 0 fully saturated rings. The van der Waals surface area contributed by atoms with Crippen molar-refractivity contribution in [2.75, 3.05) is 11.5 Å². The number of aryl methyl sites for hydroxylation is 1. The molecule has 1 unspecified atom stereocenters. The van der Waals surface area contributed by atoms with E-state index < -0.39 is 17.8 Å². The number of thioether (sulfide) groups is 1. The van der Waals surface area contributed by atoms with E-state index in [0.29, 0.717) is 11.1 Å². The van der Waals surface area contributed by atoms with E-state index in [9.17, 15) is 19.1 Å². The van der Waals surface area contributed by atoms with Crippen LogP contribution in [0.3, 0.4) is 0 Å². The highest BCUT2D eigenvalue weighted by Crippen LogP contribution is 2.17. The van der Waals surface area contributed by atoms with E-state index in [1.54, 1.807) is 6.92 Å². The zero-order chi connectivity index (χ0) is 15.1. The molecule has 0 aliphatic carbocycles. The highest BCUT2D eigenvalue weighted by Gasteiger charge is 2.22. The molecule has 0 spiro atoms. The Balaban J connectivity index is 2.76. The molecule has 2 N–H and O–H groups in total. The van der Waals surface area contributed by atoms with Crippen molar-refractivity contribution in [3.05, 3.63) is 35.1 Å². The molecule has 0 saturated carbocycles. The second-order valence-corrected chi connectivity index (χ2v) is 5.51. The normalized spacial score (nSPS) is 11.9. The van der Waals surface area contributed by atoms with E-state index in [2.05, 4.69) is 5.32 Å². The molecular formula is C14H18FNO3S. The Kier molecular flexibility index (Phi) is 6.51. The predicted molar refractivity (Wildman–Crippen MR) is 77.3 cm³/mol. The lowest BCUT2D eigenvalue weighted by molar-refractivity contribution is -0.141. The standard InChI is InChI=1S/C14H18FNO3S/c1-3-6-20-8-12(17)16-13(14(18)19)10-4-5-11(15)9(2)7-10/h4-5,7,13H,3,6,8H2,1-2H3,(H,16,17)(H,18,19). The summed E-state index contributed by atoms with van der Waals surface area (Å²) in [5.41, 5.74) is 0.716. The maximum absolute atomic E-state index is 13.2. The number of rotatable bonds is 7. The second kappa shape index (κ2) is 7.89. The first kappa shape index (κ1) is 16.5. The Hall–Kier alpha value is -1.56. The highest BCUT2D eigenvalue weighted by atomic mass is 32.2. The number of carbonyl (C=O) groups is 2. The maximum atomic E-state index is 13.2. The van der Waals surface area contributed by atoms with Gasteiger partial charge in [-0.25, -0.2) is 9.18 Å². The van der Waals surface area contributed by atoms with Gasteiger partial charge in [0.05, 0.1) is 5.75 Å². The number of benzene rings is 1. The van der Waals surface area contributed by atoms with E-state index in [-0.39, 0.29) is 11.7 Å². The smallest absolute Gasteiger partial charge is 0.330 e. The van der Waals surface area contributed by atoms with E-state index in [1.807, 2.05) is 6.92 Å². The van der Waals surface area contributed by atoms with Crippen LogP contribution in [0.25, 0.3) is 0 Å². The molecule has 0 radical (unpaired) electrons. The third-order valence-corrected chi connectivity index (χ3v) is 3.81. The third kappa shape index (κ3) is 4.85. The van der Waals surface area contributed by atoms with Gasteiger partial charge in [0.15, 0.2) is 6.04 Å². The summed E-state index contributed by atoms with van der Waals surface area (Å²) in [6.45, 7) is 3.56. The quantitative estimate of drug-likeness (QED) is 0.759. The van der Waals surface area contributed by atoms with Gasteiger partial charge in [-0.2, -0.15) is 11.8 Å². The molecule has 0 bridgehead atoms. The van der Waals surface area contributed by atoms with Crippen LogP contribution in [0.4, 0.5) is 4.39 Å². The second-order valence-electron chi connectivity index (χ2n) is 4.40. The van der Waals surface area contributed by atoms with Gasteiger partial charge in [-0.05, 0) is 36.3 Å². The van der Waals surface area contributed by atoms with Crippen LogP contribution in [0.1, 0.15) is 30.5 Å². The SMILES string of the molecule is CCCSCC(=O)NC(C(=O)O)c1ccc(F)c(C)c1. The van der Waals surface area contributed by atoms with Crippen molar-refractivity contribution in [1.29, 1.82) is 0 Å². The van der Waals surface area contributed by atoms with Crippen molar-refractivity contribution in [2.24, 2.45) is 0 Å². The van der Waals surface area contributed by atoms with Crippen molar-refractivity contribution in [3.63, 3.8) is 0 Å². The predicted octanol–water partition coefficient (Wildman–Crippen LogP) is 2.52. The number of aliphatic carboxylic acids is 1. The number of hydrogen-bond donors (Lipinski definition) is 2. The molecular weight excluding hydrogens is 281 g/mol. The largest absolute Gasteiger partial charge is 0.479 e. The van der Waals surface area contributed by atoms with Crippen LogP contribution in [-0.2, 0) is 9.59 Å². The number of carboxylic acids is 1. The van der Waals surface area contributed by atoms with Gasteiger partial charge in [0, 0.05) is 0 Å². The van der Waals surface area contributed by atoms with Crippen LogP contribution in [0.15, 0.2) is 18.2 Å². The molecule has 6 heteroatoms. The molecule has 1 rings (SSSR count). The van der Waals surface area contributed by atoms with Crippen LogP contribution >= 0.6 is 11.8 Å². The fourth-order valence-corrected chi connectivity index (χ4v) is 2.35. The molecule has 1 amide bonds. The van der Waals surface area contributed by atoms with Gasteiger partial charge in [-0.15, -0.1) is 0 Å². The van der Waals surface area contributed by atoms with Crippen molar-refractivity contribution < 1.29 is 19.1 Å². The lowest BCUT2D eigenvalue weighted by atomic mass is 10.0. The Morgan fingerprint density at radius 2 is 2.15 bits per heavy atom. The Labute approximate surface area is 121 Å². The first-order valence-corrected chi connectivity index (χ1v) is 7.47. The zero-order valence-corrected chi connectivity index (χ0v) is 12.3. The van der Waals surface area contributed by atoms with Crippen LogP contribution < -0.4 is 5.32 Å². The highest BCUT2D eigenvalue weighted by molar-refractivity contribution is 7.99. The van der Waals surface area contributed by atoms with Crippen LogP contribution in [-0.4, -0.2) is 28.5 Å². The van der Waals surface area contributed by atoms with Gasteiger partial charge >= 0.3 is 5.97 Å². The van der Waals surface area contributed by atoms with Gasteiger partial charge < -0.3 is 10.4 Å². The summed E-state index contributed by atoms with van der Waals surface area (Å²) in [5, 5.41) is 11.6. The van der Waals surface area contributed by atoms with Gasteiger partial charge in [-0.3, -0.25) is 4.79 Å². The lowest BCUT2D eigenvalue weighted by Gasteiger charge is -2.15. The summed E-state index contributed by atoms with van der Waals surface area (Å²) in [7, 11) is 0. The molecule has 20 heavy (non-hydrogen) atoms. The molecule has 4 nitrogen and oxygen atoms in total. The maximum Gasteiger partial charge on any atom is 0.330 e. The minimum Gasteiger partial charge on any atom is -0.479 e. The molecule has 110 valence electrons. The number of carbonyl (C=O) groups excluding carboxylic acids is 1. The third-order valence-electron chi connectivity index (χ3n) is 2.65. The molecule has 1 aromatic rings. The number of carboxylic acid groups (broad SMARTS) is 1. The topological polar surface area (TPSA) is 66.4 Å². The van der Waals surface area contributed by atoms with Crippen molar-refractivity contribution in [3.8, 4) is 0 Å². The molecule has 1 atom stereocenters. The van der Waals surface area contributed by atoms with E-state index in [1.165, 1.54) is 30.0 Å². The van der Waals surface area contributed by atoms with Crippen LogP contribution in [0.2, 0.25) is 0 Å². The zero-order valence-electron chi connectivity index (χ0n) is 11.5. The Morgan fingerprint density at radius 3 is 2.70 bits per heavy atom. The van der Waals surface area contributed by atoms with Crippen molar-refractivity contribution in [1.82, 2.24) is 5.32 Å². The van der Waals surface area contributed by atoms with Gasteiger partial charge in [-0.1, -0.05) is 19.1 Å². The molecule has 1 aromatic carbocycles. The number of halogens is 1. The summed E-state index contributed by atoms with van der Waals surface area (Å²) in [5.74, 6) is -0.830. The summed E-state index contributed by atoms with van der Waals surface area (Å²) < 4.78 is 13.2. The molecule has 0 saturated heterocycles. The first-order chi connectivity index (χ1) is 9.45. The van der Waals surface area contributed by atoms with Crippen LogP contribution in [0.5, 0.6) is 0 Å².